The average Bonchev–Trinajstić information content (AvgIpc) is 2.37. The van der Waals surface area contributed by atoms with Crippen molar-refractivity contribution < 1.29 is 25.5 Å². The lowest BCUT2D eigenvalue weighted by molar-refractivity contribution is -0.0174. The van der Waals surface area contributed by atoms with Gasteiger partial charge in [-0.3, -0.25) is 9.97 Å². The molecule has 1 heterocycles. The molecular formula is C10H16N2O5. The lowest BCUT2D eigenvalue weighted by atomic mass is 10.1. The fourth-order valence-corrected chi connectivity index (χ4v) is 1.23. The molecule has 0 spiro atoms. The second-order valence-corrected chi connectivity index (χ2v) is 3.67. The van der Waals surface area contributed by atoms with Gasteiger partial charge in [-0.2, -0.15) is 0 Å². The highest BCUT2D eigenvalue weighted by molar-refractivity contribution is 5.07. The normalized spacial score (nSPS) is 16.5. The quantitative estimate of drug-likeness (QED) is 0.383. The minimum Gasteiger partial charge on any atom is -0.394 e. The fourth-order valence-electron chi connectivity index (χ4n) is 1.23. The summed E-state index contributed by atoms with van der Waals surface area (Å²) in [5.74, 6) is 0. The van der Waals surface area contributed by atoms with Crippen LogP contribution in [0, 0.1) is 0 Å². The molecule has 0 fully saturated rings. The Kier molecular flexibility index (Phi) is 5.39. The smallest absolute Gasteiger partial charge is 0.126 e. The number of aliphatic hydroxyl groups is 5. The van der Waals surface area contributed by atoms with Gasteiger partial charge in [0.2, 0.25) is 0 Å². The van der Waals surface area contributed by atoms with Crippen molar-refractivity contribution in [2.75, 3.05) is 13.2 Å². The van der Waals surface area contributed by atoms with Gasteiger partial charge in [-0.1, -0.05) is 0 Å². The van der Waals surface area contributed by atoms with Crippen LogP contribution >= 0.6 is 0 Å². The minimum absolute atomic E-state index is 0.133. The summed E-state index contributed by atoms with van der Waals surface area (Å²) in [6, 6.07) is 0. The van der Waals surface area contributed by atoms with Gasteiger partial charge in [-0.05, 0) is 0 Å². The topological polar surface area (TPSA) is 127 Å². The van der Waals surface area contributed by atoms with E-state index in [0.29, 0.717) is 5.69 Å². The van der Waals surface area contributed by atoms with Crippen LogP contribution in [0.25, 0.3) is 0 Å². The first-order valence-corrected chi connectivity index (χ1v) is 5.15. The van der Waals surface area contributed by atoms with Crippen LogP contribution in [0.2, 0.25) is 0 Å². The Balaban J connectivity index is 2.67. The van der Waals surface area contributed by atoms with Gasteiger partial charge in [-0.15, -0.1) is 0 Å². The van der Waals surface area contributed by atoms with E-state index in [-0.39, 0.29) is 18.7 Å². The molecule has 1 aromatic rings. The van der Waals surface area contributed by atoms with E-state index in [1.807, 2.05) is 0 Å². The first kappa shape index (κ1) is 13.9. The van der Waals surface area contributed by atoms with Gasteiger partial charge in [-0.25, -0.2) is 0 Å². The van der Waals surface area contributed by atoms with E-state index < -0.39 is 24.9 Å². The summed E-state index contributed by atoms with van der Waals surface area (Å²) in [4.78, 5) is 7.78. The van der Waals surface area contributed by atoms with Crippen molar-refractivity contribution in [2.24, 2.45) is 0 Å². The van der Waals surface area contributed by atoms with Crippen LogP contribution in [0.4, 0.5) is 0 Å². The highest BCUT2D eigenvalue weighted by atomic mass is 16.4. The molecule has 3 atom stereocenters. The monoisotopic (exact) mass is 244 g/mol. The highest BCUT2D eigenvalue weighted by Gasteiger charge is 2.19. The Morgan fingerprint density at radius 2 is 1.71 bits per heavy atom. The number of hydrogen-bond acceptors (Lipinski definition) is 7. The van der Waals surface area contributed by atoms with Crippen LogP contribution in [-0.4, -0.2) is 60.9 Å². The summed E-state index contributed by atoms with van der Waals surface area (Å²) >= 11 is 0. The Labute approximate surface area is 98.0 Å². The largest absolute Gasteiger partial charge is 0.394 e. The van der Waals surface area contributed by atoms with Gasteiger partial charge in [0.15, 0.2) is 0 Å². The van der Waals surface area contributed by atoms with Crippen molar-refractivity contribution in [3.63, 3.8) is 0 Å². The molecule has 0 bridgehead atoms. The SMILES string of the molecule is OC[C@@H](O)Cc1cnc([C@H](O)[C@H](O)CO)cn1. The Bertz CT molecular complexity index is 332. The number of rotatable bonds is 6. The van der Waals surface area contributed by atoms with Crippen molar-refractivity contribution in [1.29, 1.82) is 0 Å². The molecule has 0 aliphatic carbocycles. The van der Waals surface area contributed by atoms with Crippen LogP contribution in [0.5, 0.6) is 0 Å². The molecule has 0 radical (unpaired) electrons. The number of nitrogens with zero attached hydrogens (tertiary/aromatic N) is 2. The Morgan fingerprint density at radius 3 is 2.18 bits per heavy atom. The molecular weight excluding hydrogens is 228 g/mol. The number of aliphatic hydroxyl groups excluding tert-OH is 5. The van der Waals surface area contributed by atoms with E-state index in [1.54, 1.807) is 0 Å². The van der Waals surface area contributed by atoms with Gasteiger partial charge in [0.1, 0.15) is 12.2 Å². The molecule has 17 heavy (non-hydrogen) atoms. The van der Waals surface area contributed by atoms with Crippen molar-refractivity contribution in [3.05, 3.63) is 23.8 Å². The molecule has 0 saturated heterocycles. The van der Waals surface area contributed by atoms with E-state index in [0.717, 1.165) is 0 Å². The van der Waals surface area contributed by atoms with Gasteiger partial charge in [0.05, 0.1) is 36.9 Å². The van der Waals surface area contributed by atoms with E-state index in [4.69, 9.17) is 10.2 Å². The third kappa shape index (κ3) is 3.99. The van der Waals surface area contributed by atoms with Crippen molar-refractivity contribution in [3.8, 4) is 0 Å². The summed E-state index contributed by atoms with van der Waals surface area (Å²) in [5, 5.41) is 45.2. The zero-order chi connectivity index (χ0) is 12.8. The summed E-state index contributed by atoms with van der Waals surface area (Å²) in [6.07, 6.45) is -0.766. The van der Waals surface area contributed by atoms with Crippen LogP contribution < -0.4 is 0 Å². The van der Waals surface area contributed by atoms with Crippen molar-refractivity contribution >= 4 is 0 Å². The predicted molar refractivity (Wildman–Crippen MR) is 56.9 cm³/mol. The maximum atomic E-state index is 9.51. The first-order chi connectivity index (χ1) is 8.08. The molecule has 0 saturated carbocycles. The van der Waals surface area contributed by atoms with Gasteiger partial charge in [0, 0.05) is 12.6 Å². The standard InChI is InChI=1S/C10H16N2O5/c13-4-7(15)1-6-2-12-8(3-11-6)10(17)9(16)5-14/h2-3,7,9-10,13-17H,1,4-5H2/t7-,9+,10-/m0/s1. The molecule has 1 aromatic heterocycles. The average molecular weight is 244 g/mol. The van der Waals surface area contributed by atoms with Crippen LogP contribution in [0.1, 0.15) is 17.5 Å². The molecule has 7 heteroatoms. The molecule has 0 aliphatic heterocycles. The van der Waals surface area contributed by atoms with Crippen LogP contribution in [-0.2, 0) is 6.42 Å². The molecule has 0 unspecified atom stereocenters. The van der Waals surface area contributed by atoms with Gasteiger partial charge < -0.3 is 25.5 Å². The summed E-state index contributed by atoms with van der Waals surface area (Å²) in [5.41, 5.74) is 0.592. The molecule has 7 nitrogen and oxygen atoms in total. The summed E-state index contributed by atoms with van der Waals surface area (Å²) < 4.78 is 0. The second kappa shape index (κ2) is 6.58. The maximum Gasteiger partial charge on any atom is 0.126 e. The molecule has 96 valence electrons. The van der Waals surface area contributed by atoms with Crippen molar-refractivity contribution in [2.45, 2.75) is 24.7 Å². The van der Waals surface area contributed by atoms with E-state index in [1.165, 1.54) is 12.4 Å². The Hall–Kier alpha value is -1.12. The van der Waals surface area contributed by atoms with E-state index >= 15 is 0 Å². The predicted octanol–water partition coefficient (Wildman–Crippen LogP) is -2.24. The number of hydrogen-bond donors (Lipinski definition) is 5. The summed E-state index contributed by atoms with van der Waals surface area (Å²) in [6.45, 7) is -0.941. The molecule has 0 aromatic carbocycles. The minimum atomic E-state index is -1.31. The Morgan fingerprint density at radius 1 is 1.00 bits per heavy atom. The van der Waals surface area contributed by atoms with E-state index in [9.17, 15) is 15.3 Å². The molecule has 0 aliphatic rings. The molecule has 0 amide bonds. The third-order valence-corrected chi connectivity index (χ3v) is 2.24. The molecule has 1 rings (SSSR count). The lowest BCUT2D eigenvalue weighted by Crippen LogP contribution is -2.23. The maximum absolute atomic E-state index is 9.51. The van der Waals surface area contributed by atoms with Gasteiger partial charge in [0.25, 0.3) is 0 Å². The highest BCUT2D eigenvalue weighted by Crippen LogP contribution is 2.13. The van der Waals surface area contributed by atoms with Crippen molar-refractivity contribution in [1.82, 2.24) is 9.97 Å². The van der Waals surface area contributed by atoms with Crippen LogP contribution in [0.3, 0.4) is 0 Å². The third-order valence-electron chi connectivity index (χ3n) is 2.24. The second-order valence-electron chi connectivity index (χ2n) is 3.67. The van der Waals surface area contributed by atoms with Crippen LogP contribution in [0.15, 0.2) is 12.4 Å². The summed E-state index contributed by atoms with van der Waals surface area (Å²) in [7, 11) is 0. The molecule has 5 N–H and O–H groups in total. The number of aromatic nitrogens is 2. The zero-order valence-electron chi connectivity index (χ0n) is 9.14. The fraction of sp³-hybridized carbons (Fsp3) is 0.600. The first-order valence-electron chi connectivity index (χ1n) is 5.15. The zero-order valence-corrected chi connectivity index (χ0v) is 9.14. The lowest BCUT2D eigenvalue weighted by Gasteiger charge is -2.14. The van der Waals surface area contributed by atoms with E-state index in [2.05, 4.69) is 9.97 Å². The van der Waals surface area contributed by atoms with Gasteiger partial charge >= 0.3 is 0 Å².